The van der Waals surface area contributed by atoms with Crippen LogP contribution in [0.5, 0.6) is 5.75 Å². The highest BCUT2D eigenvalue weighted by Crippen LogP contribution is 2.27. The van der Waals surface area contributed by atoms with Crippen LogP contribution in [-0.2, 0) is 0 Å². The van der Waals surface area contributed by atoms with Crippen LogP contribution in [0.1, 0.15) is 40.7 Å². The van der Waals surface area contributed by atoms with E-state index < -0.39 is 0 Å². The number of furan rings is 1. The molecule has 0 spiro atoms. The molecule has 0 aliphatic rings. The van der Waals surface area contributed by atoms with Crippen molar-refractivity contribution in [1.82, 2.24) is 0 Å². The van der Waals surface area contributed by atoms with Crippen molar-refractivity contribution in [3.63, 3.8) is 0 Å². The predicted molar refractivity (Wildman–Crippen MR) is 116 cm³/mol. The van der Waals surface area contributed by atoms with Gasteiger partial charge in [0.15, 0.2) is 5.76 Å². The second-order valence-corrected chi connectivity index (χ2v) is 7.17. The van der Waals surface area contributed by atoms with Crippen LogP contribution in [0.2, 0.25) is 0 Å². The van der Waals surface area contributed by atoms with E-state index in [4.69, 9.17) is 9.15 Å². The van der Waals surface area contributed by atoms with Crippen LogP contribution in [0.4, 0.5) is 11.4 Å². The van der Waals surface area contributed by atoms with Crippen LogP contribution < -0.4 is 15.4 Å². The standard InChI is InChI=1S/C22H21BrN2O4/c1-2-3-11-28-19-10-9-15(13-18(19)23)21(26)24-16-6-4-7-17(14-16)25-22(27)20-8-5-12-29-20/h4-10,12-14H,2-3,11H2,1H3,(H,24,26)(H,25,27). The smallest absolute Gasteiger partial charge is 0.291 e. The molecular weight excluding hydrogens is 436 g/mol. The molecule has 2 amide bonds. The van der Waals surface area contributed by atoms with E-state index in [2.05, 4.69) is 33.5 Å². The molecule has 7 heteroatoms. The van der Waals surface area contributed by atoms with Gasteiger partial charge in [-0.2, -0.15) is 0 Å². The summed E-state index contributed by atoms with van der Waals surface area (Å²) in [6.07, 6.45) is 3.46. The first-order chi connectivity index (χ1) is 14.1. The largest absolute Gasteiger partial charge is 0.492 e. The van der Waals surface area contributed by atoms with Crippen LogP contribution >= 0.6 is 15.9 Å². The van der Waals surface area contributed by atoms with Gasteiger partial charge in [-0.25, -0.2) is 0 Å². The second kappa shape index (κ2) is 9.93. The summed E-state index contributed by atoms with van der Waals surface area (Å²) in [5.41, 5.74) is 1.60. The van der Waals surface area contributed by atoms with E-state index in [-0.39, 0.29) is 17.6 Å². The fraction of sp³-hybridized carbons (Fsp3) is 0.182. The Hall–Kier alpha value is -3.06. The fourth-order valence-electron chi connectivity index (χ4n) is 2.56. The van der Waals surface area contributed by atoms with Gasteiger partial charge in [0.25, 0.3) is 11.8 Å². The zero-order chi connectivity index (χ0) is 20.6. The minimum atomic E-state index is -0.360. The van der Waals surface area contributed by atoms with E-state index in [1.165, 1.54) is 6.26 Å². The lowest BCUT2D eigenvalue weighted by atomic mass is 10.2. The van der Waals surface area contributed by atoms with Crippen molar-refractivity contribution >= 4 is 39.1 Å². The van der Waals surface area contributed by atoms with Gasteiger partial charge in [-0.05, 0) is 70.9 Å². The molecule has 0 aliphatic carbocycles. The third-order valence-corrected chi connectivity index (χ3v) is 4.69. The Labute approximate surface area is 177 Å². The topological polar surface area (TPSA) is 80.6 Å². The fourth-order valence-corrected chi connectivity index (χ4v) is 3.06. The summed E-state index contributed by atoms with van der Waals surface area (Å²) in [5.74, 6) is 0.296. The molecule has 1 aromatic heterocycles. The SMILES string of the molecule is CCCCOc1ccc(C(=O)Nc2cccc(NC(=O)c3ccco3)c2)cc1Br. The van der Waals surface area contributed by atoms with Gasteiger partial charge in [0.05, 0.1) is 17.3 Å². The molecule has 0 radical (unpaired) electrons. The van der Waals surface area contributed by atoms with Crippen molar-refractivity contribution in [1.29, 1.82) is 0 Å². The first-order valence-corrected chi connectivity index (χ1v) is 10.0. The summed E-state index contributed by atoms with van der Waals surface area (Å²) in [7, 11) is 0. The molecular formula is C22H21BrN2O4. The lowest BCUT2D eigenvalue weighted by Gasteiger charge is -2.11. The molecule has 2 N–H and O–H groups in total. The molecule has 29 heavy (non-hydrogen) atoms. The minimum Gasteiger partial charge on any atom is -0.492 e. The number of unbranched alkanes of at least 4 members (excludes halogenated alkanes) is 1. The molecule has 3 rings (SSSR count). The molecule has 0 bridgehead atoms. The average Bonchev–Trinajstić information content (AvgIpc) is 3.24. The molecule has 1 heterocycles. The number of carbonyl (C=O) groups excluding carboxylic acids is 2. The van der Waals surface area contributed by atoms with Crippen molar-refractivity contribution < 1.29 is 18.7 Å². The van der Waals surface area contributed by atoms with Gasteiger partial charge >= 0.3 is 0 Å². The molecule has 0 unspecified atom stereocenters. The highest BCUT2D eigenvalue weighted by atomic mass is 79.9. The molecule has 3 aromatic rings. The van der Waals surface area contributed by atoms with Crippen LogP contribution in [0.15, 0.2) is 69.8 Å². The highest BCUT2D eigenvalue weighted by Gasteiger charge is 2.12. The minimum absolute atomic E-state index is 0.213. The number of hydrogen-bond donors (Lipinski definition) is 2. The van der Waals surface area contributed by atoms with E-state index in [9.17, 15) is 9.59 Å². The molecule has 0 fully saturated rings. The number of benzene rings is 2. The maximum atomic E-state index is 12.6. The first kappa shape index (κ1) is 20.7. The van der Waals surface area contributed by atoms with Gasteiger partial charge in [0, 0.05) is 16.9 Å². The number of ether oxygens (including phenoxy) is 1. The van der Waals surface area contributed by atoms with Crippen LogP contribution in [0.25, 0.3) is 0 Å². The van der Waals surface area contributed by atoms with Crippen molar-refractivity contribution in [3.8, 4) is 5.75 Å². The molecule has 6 nitrogen and oxygen atoms in total. The van der Waals surface area contributed by atoms with E-state index in [0.717, 1.165) is 17.3 Å². The van der Waals surface area contributed by atoms with E-state index in [1.54, 1.807) is 54.6 Å². The van der Waals surface area contributed by atoms with Crippen molar-refractivity contribution in [2.75, 3.05) is 17.2 Å². The second-order valence-electron chi connectivity index (χ2n) is 6.31. The number of rotatable bonds is 8. The molecule has 0 saturated carbocycles. The van der Waals surface area contributed by atoms with Crippen molar-refractivity contribution in [2.24, 2.45) is 0 Å². The molecule has 0 aliphatic heterocycles. The average molecular weight is 457 g/mol. The Morgan fingerprint density at radius 1 is 1.00 bits per heavy atom. The third-order valence-electron chi connectivity index (χ3n) is 4.07. The third kappa shape index (κ3) is 5.71. The zero-order valence-corrected chi connectivity index (χ0v) is 17.5. The van der Waals surface area contributed by atoms with Gasteiger partial charge < -0.3 is 19.8 Å². The van der Waals surface area contributed by atoms with Gasteiger partial charge in [-0.15, -0.1) is 0 Å². The number of halogens is 1. The number of nitrogens with one attached hydrogen (secondary N) is 2. The number of carbonyl (C=O) groups is 2. The Morgan fingerprint density at radius 2 is 1.76 bits per heavy atom. The number of anilines is 2. The summed E-state index contributed by atoms with van der Waals surface area (Å²) < 4.78 is 11.5. The lowest BCUT2D eigenvalue weighted by molar-refractivity contribution is 0.0995. The molecule has 0 atom stereocenters. The van der Waals surface area contributed by atoms with Crippen molar-refractivity contribution in [2.45, 2.75) is 19.8 Å². The van der Waals surface area contributed by atoms with E-state index in [1.807, 2.05) is 0 Å². The quantitative estimate of drug-likeness (QED) is 0.424. The number of amides is 2. The van der Waals surface area contributed by atoms with Gasteiger partial charge in [-0.3, -0.25) is 9.59 Å². The summed E-state index contributed by atoms with van der Waals surface area (Å²) >= 11 is 3.45. The monoisotopic (exact) mass is 456 g/mol. The van der Waals surface area contributed by atoms with Gasteiger partial charge in [0.2, 0.25) is 0 Å². The predicted octanol–water partition coefficient (Wildman–Crippen LogP) is 5.73. The van der Waals surface area contributed by atoms with E-state index >= 15 is 0 Å². The van der Waals surface area contributed by atoms with Crippen molar-refractivity contribution in [3.05, 3.63) is 76.7 Å². The van der Waals surface area contributed by atoms with Crippen LogP contribution in [0.3, 0.4) is 0 Å². The van der Waals surface area contributed by atoms with Gasteiger partial charge in [-0.1, -0.05) is 19.4 Å². The number of hydrogen-bond acceptors (Lipinski definition) is 4. The normalized spacial score (nSPS) is 10.4. The Bertz CT molecular complexity index is 986. The van der Waals surface area contributed by atoms with E-state index in [0.29, 0.717) is 29.3 Å². The maximum Gasteiger partial charge on any atom is 0.291 e. The van der Waals surface area contributed by atoms with Crippen LogP contribution in [-0.4, -0.2) is 18.4 Å². The molecule has 150 valence electrons. The van der Waals surface area contributed by atoms with Gasteiger partial charge in [0.1, 0.15) is 5.75 Å². The summed E-state index contributed by atoms with van der Waals surface area (Å²) in [6.45, 7) is 2.74. The molecule has 2 aromatic carbocycles. The summed E-state index contributed by atoms with van der Waals surface area (Å²) in [4.78, 5) is 24.7. The summed E-state index contributed by atoms with van der Waals surface area (Å²) in [5, 5.41) is 5.56. The zero-order valence-electron chi connectivity index (χ0n) is 15.9. The highest BCUT2D eigenvalue weighted by molar-refractivity contribution is 9.10. The maximum absolute atomic E-state index is 12.6. The first-order valence-electron chi connectivity index (χ1n) is 9.25. The summed E-state index contributed by atoms with van der Waals surface area (Å²) in [6, 6.07) is 15.3. The lowest BCUT2D eigenvalue weighted by Crippen LogP contribution is -2.13. The Balaban J connectivity index is 1.64. The Morgan fingerprint density at radius 3 is 2.41 bits per heavy atom. The van der Waals surface area contributed by atoms with Crippen LogP contribution in [0, 0.1) is 0 Å². The molecule has 0 saturated heterocycles. The Kier molecular flexibility index (Phi) is 7.08.